The summed E-state index contributed by atoms with van der Waals surface area (Å²) in [6.07, 6.45) is 2.96. The van der Waals surface area contributed by atoms with E-state index < -0.39 is 23.9 Å². The predicted octanol–water partition coefficient (Wildman–Crippen LogP) is -2.53. The Morgan fingerprint density at radius 3 is 2.24 bits per heavy atom. The van der Waals surface area contributed by atoms with Crippen LogP contribution in [0.5, 0.6) is 0 Å². The van der Waals surface area contributed by atoms with Gasteiger partial charge in [0.2, 0.25) is 11.8 Å². The zero-order valence-electron chi connectivity index (χ0n) is 12.3. The van der Waals surface area contributed by atoms with Gasteiger partial charge in [-0.3, -0.25) is 14.6 Å². The number of unbranched alkanes of at least 4 members (excludes halogenated alkanes) is 1. The van der Waals surface area contributed by atoms with E-state index >= 15 is 0 Å². The molecule has 0 aliphatic heterocycles. The van der Waals surface area contributed by atoms with E-state index in [4.69, 9.17) is 28.7 Å². The van der Waals surface area contributed by atoms with Gasteiger partial charge in [-0.15, -0.1) is 0 Å². The largest absolute Gasteiger partial charge is 0.370 e. The molecule has 0 fully saturated rings. The molecule has 0 radical (unpaired) electrons. The molecule has 122 valence electrons. The maximum Gasteiger partial charge on any atom is 0.240 e. The average Bonchev–Trinajstić information content (AvgIpc) is 2.41. The van der Waals surface area contributed by atoms with Crippen molar-refractivity contribution in [2.24, 2.45) is 33.7 Å². The third-order valence-corrected chi connectivity index (χ3v) is 2.91. The number of aliphatic imine (C=N–C) groups is 1. The van der Waals surface area contributed by atoms with E-state index in [0.717, 1.165) is 12.8 Å². The number of nitrogens with two attached hydrogens (primary N) is 5. The van der Waals surface area contributed by atoms with Crippen LogP contribution in [-0.4, -0.2) is 42.9 Å². The molecule has 0 spiro atoms. The smallest absolute Gasteiger partial charge is 0.240 e. The van der Waals surface area contributed by atoms with E-state index in [1.54, 1.807) is 0 Å². The van der Waals surface area contributed by atoms with Gasteiger partial charge in [0.15, 0.2) is 5.96 Å². The van der Waals surface area contributed by atoms with Gasteiger partial charge in [-0.25, -0.2) is 0 Å². The molecular weight excluding hydrogens is 274 g/mol. The molecule has 0 rings (SSSR count). The van der Waals surface area contributed by atoms with Gasteiger partial charge < -0.3 is 34.0 Å². The fourth-order valence-electron chi connectivity index (χ4n) is 1.71. The Bertz CT molecular complexity index is 356. The molecule has 9 heteroatoms. The molecule has 0 unspecified atom stereocenters. The van der Waals surface area contributed by atoms with Gasteiger partial charge >= 0.3 is 0 Å². The van der Waals surface area contributed by atoms with Gasteiger partial charge in [0, 0.05) is 6.54 Å². The molecule has 11 N–H and O–H groups in total. The summed E-state index contributed by atoms with van der Waals surface area (Å²) in [5.74, 6) is -1.02. The topological polar surface area (TPSA) is 189 Å². The van der Waals surface area contributed by atoms with Gasteiger partial charge in [-0.05, 0) is 32.2 Å². The molecule has 0 saturated heterocycles. The summed E-state index contributed by atoms with van der Waals surface area (Å²) in [5.41, 5.74) is 26.7. The van der Waals surface area contributed by atoms with Crippen molar-refractivity contribution in [1.82, 2.24) is 5.32 Å². The molecule has 0 bridgehead atoms. The first-order chi connectivity index (χ1) is 9.88. The van der Waals surface area contributed by atoms with Crippen LogP contribution >= 0.6 is 0 Å². The second-order valence-corrected chi connectivity index (χ2v) is 4.80. The van der Waals surface area contributed by atoms with Crippen molar-refractivity contribution in [3.8, 4) is 0 Å². The second-order valence-electron chi connectivity index (χ2n) is 4.80. The summed E-state index contributed by atoms with van der Waals surface area (Å²) in [4.78, 5) is 27.0. The van der Waals surface area contributed by atoms with Gasteiger partial charge in [-0.2, -0.15) is 0 Å². The monoisotopic (exact) mass is 301 g/mol. The lowest BCUT2D eigenvalue weighted by atomic mass is 10.1. The van der Waals surface area contributed by atoms with Crippen LogP contribution in [0.2, 0.25) is 0 Å². The number of nitrogens with zero attached hydrogens (tertiary/aromatic N) is 1. The molecule has 0 aliphatic carbocycles. The van der Waals surface area contributed by atoms with E-state index in [1.165, 1.54) is 0 Å². The van der Waals surface area contributed by atoms with Crippen LogP contribution < -0.4 is 34.0 Å². The van der Waals surface area contributed by atoms with Crippen LogP contribution in [0.4, 0.5) is 0 Å². The number of primary amides is 1. The molecule has 0 aromatic rings. The lowest BCUT2D eigenvalue weighted by Gasteiger charge is -2.18. The Morgan fingerprint density at radius 2 is 1.71 bits per heavy atom. The molecule has 0 aliphatic rings. The molecule has 0 saturated carbocycles. The summed E-state index contributed by atoms with van der Waals surface area (Å²) in [7, 11) is 0. The summed E-state index contributed by atoms with van der Waals surface area (Å²) in [5, 5.41) is 2.55. The van der Waals surface area contributed by atoms with Gasteiger partial charge in [0.25, 0.3) is 0 Å². The summed E-state index contributed by atoms with van der Waals surface area (Å²) < 4.78 is 0. The first kappa shape index (κ1) is 19.1. The highest BCUT2D eigenvalue weighted by atomic mass is 16.2. The zero-order chi connectivity index (χ0) is 16.3. The Kier molecular flexibility index (Phi) is 9.90. The third kappa shape index (κ3) is 9.63. The first-order valence-corrected chi connectivity index (χ1v) is 6.99. The average molecular weight is 301 g/mol. The van der Waals surface area contributed by atoms with E-state index in [0.29, 0.717) is 32.4 Å². The molecule has 0 aromatic carbocycles. The van der Waals surface area contributed by atoms with Crippen LogP contribution in [0, 0.1) is 0 Å². The van der Waals surface area contributed by atoms with Crippen molar-refractivity contribution < 1.29 is 9.59 Å². The standard InChI is InChI=1S/C12H27N7O2/c13-6-2-1-4-8(14)11(21)19-9(10(15)20)5-3-7-18-12(16)17/h8-9H,1-7,13-14H2,(H2,15,20)(H,19,21)(H4,16,17,18)/t8-,9+/m1/s1. The van der Waals surface area contributed by atoms with Gasteiger partial charge in [0.05, 0.1) is 6.04 Å². The molecule has 9 nitrogen and oxygen atoms in total. The molecule has 2 amide bonds. The van der Waals surface area contributed by atoms with Crippen molar-refractivity contribution in [2.45, 2.75) is 44.2 Å². The maximum atomic E-state index is 11.9. The Hall–Kier alpha value is -1.87. The number of carbonyl (C=O) groups is 2. The van der Waals surface area contributed by atoms with Crippen LogP contribution in [0.3, 0.4) is 0 Å². The van der Waals surface area contributed by atoms with E-state index in [-0.39, 0.29) is 5.96 Å². The van der Waals surface area contributed by atoms with Gasteiger partial charge in [-0.1, -0.05) is 6.42 Å². The maximum absolute atomic E-state index is 11.9. The van der Waals surface area contributed by atoms with Crippen LogP contribution in [0.15, 0.2) is 4.99 Å². The van der Waals surface area contributed by atoms with Crippen LogP contribution in [0.1, 0.15) is 32.1 Å². The first-order valence-electron chi connectivity index (χ1n) is 6.99. The highest BCUT2D eigenvalue weighted by Gasteiger charge is 2.21. The minimum atomic E-state index is -0.771. The lowest BCUT2D eigenvalue weighted by Crippen LogP contribution is -2.50. The third-order valence-electron chi connectivity index (χ3n) is 2.91. The van der Waals surface area contributed by atoms with E-state index in [1.807, 2.05) is 0 Å². The second kappa shape index (κ2) is 10.9. The molecule has 2 atom stereocenters. The van der Waals surface area contributed by atoms with Crippen molar-refractivity contribution >= 4 is 17.8 Å². The molecule has 0 heterocycles. The summed E-state index contributed by atoms with van der Waals surface area (Å²) in [6, 6.07) is -1.44. The fourth-order valence-corrected chi connectivity index (χ4v) is 1.71. The Balaban J connectivity index is 4.20. The lowest BCUT2D eigenvalue weighted by molar-refractivity contribution is -0.128. The molecular formula is C12H27N7O2. The fraction of sp³-hybridized carbons (Fsp3) is 0.750. The van der Waals surface area contributed by atoms with E-state index in [2.05, 4.69) is 10.3 Å². The minimum Gasteiger partial charge on any atom is -0.370 e. The van der Waals surface area contributed by atoms with Crippen molar-refractivity contribution in [3.63, 3.8) is 0 Å². The van der Waals surface area contributed by atoms with Crippen molar-refractivity contribution in [2.75, 3.05) is 13.1 Å². The Labute approximate surface area is 124 Å². The predicted molar refractivity (Wildman–Crippen MR) is 81.9 cm³/mol. The SMILES string of the molecule is NCCCC[C@@H](N)C(=O)N[C@@H](CCCN=C(N)N)C(N)=O. The normalized spacial score (nSPS) is 13.2. The Morgan fingerprint density at radius 1 is 1.05 bits per heavy atom. The highest BCUT2D eigenvalue weighted by molar-refractivity contribution is 5.88. The molecule has 21 heavy (non-hydrogen) atoms. The van der Waals surface area contributed by atoms with Gasteiger partial charge in [0.1, 0.15) is 6.04 Å². The number of rotatable bonds is 11. The van der Waals surface area contributed by atoms with Crippen LogP contribution in [0.25, 0.3) is 0 Å². The van der Waals surface area contributed by atoms with E-state index in [9.17, 15) is 9.59 Å². The number of nitrogens with one attached hydrogen (secondary N) is 1. The summed E-state index contributed by atoms with van der Waals surface area (Å²) >= 11 is 0. The number of hydrogen-bond acceptors (Lipinski definition) is 5. The van der Waals surface area contributed by atoms with Crippen molar-refractivity contribution in [3.05, 3.63) is 0 Å². The van der Waals surface area contributed by atoms with Crippen LogP contribution in [-0.2, 0) is 9.59 Å². The number of guanidine groups is 1. The number of hydrogen-bond donors (Lipinski definition) is 6. The number of carbonyl (C=O) groups excluding carboxylic acids is 2. The zero-order valence-corrected chi connectivity index (χ0v) is 12.3. The number of amides is 2. The molecule has 0 aromatic heterocycles. The minimum absolute atomic E-state index is 0.0170. The quantitative estimate of drug-likeness (QED) is 0.138. The summed E-state index contributed by atoms with van der Waals surface area (Å²) in [6.45, 7) is 0.924. The van der Waals surface area contributed by atoms with Crippen molar-refractivity contribution in [1.29, 1.82) is 0 Å². The highest BCUT2D eigenvalue weighted by Crippen LogP contribution is 2.01.